The first-order valence-electron chi connectivity index (χ1n) is 8.11. The van der Waals surface area contributed by atoms with E-state index in [0.717, 1.165) is 42.4 Å². The van der Waals surface area contributed by atoms with Gasteiger partial charge in [0, 0.05) is 18.8 Å². The molecule has 3 heterocycles. The predicted octanol–water partition coefficient (Wildman–Crippen LogP) is 2.83. The third kappa shape index (κ3) is 3.07. The molecule has 0 aliphatic carbocycles. The van der Waals surface area contributed by atoms with Gasteiger partial charge in [0.25, 0.3) is 0 Å². The van der Waals surface area contributed by atoms with Gasteiger partial charge in [-0.15, -0.1) is 0 Å². The van der Waals surface area contributed by atoms with Crippen LogP contribution in [0.1, 0.15) is 35.7 Å². The van der Waals surface area contributed by atoms with Crippen molar-refractivity contribution in [1.29, 1.82) is 5.26 Å². The molecule has 2 saturated heterocycles. The van der Waals surface area contributed by atoms with Gasteiger partial charge >= 0.3 is 0 Å². The largest absolute Gasteiger partial charge is 0.391 e. The van der Waals surface area contributed by atoms with Crippen molar-refractivity contribution >= 4 is 23.5 Å². The van der Waals surface area contributed by atoms with Crippen molar-refractivity contribution < 1.29 is 5.11 Å². The minimum atomic E-state index is -0.184. The first kappa shape index (κ1) is 16.0. The van der Waals surface area contributed by atoms with E-state index in [1.54, 1.807) is 11.8 Å². The number of nitriles is 1. The molecular weight excluding hydrogens is 340 g/mol. The van der Waals surface area contributed by atoms with Gasteiger partial charge in [0.2, 0.25) is 0 Å². The average Bonchev–Trinajstić information content (AvgIpc) is 3.19. The van der Waals surface area contributed by atoms with Gasteiger partial charge in [-0.3, -0.25) is 4.90 Å². The molecule has 2 fully saturated rings. The van der Waals surface area contributed by atoms with Crippen molar-refractivity contribution in [1.82, 2.24) is 13.6 Å². The summed E-state index contributed by atoms with van der Waals surface area (Å²) < 4.78 is 9.06. The van der Waals surface area contributed by atoms with E-state index in [2.05, 4.69) is 19.7 Å². The zero-order valence-electron chi connectivity index (χ0n) is 13.1. The van der Waals surface area contributed by atoms with Crippen LogP contribution in [-0.4, -0.2) is 37.9 Å². The Balaban J connectivity index is 1.46. The molecule has 1 N–H and O–H groups in total. The van der Waals surface area contributed by atoms with Gasteiger partial charge in [-0.1, -0.05) is 23.9 Å². The lowest BCUT2D eigenvalue weighted by molar-refractivity contribution is 0.144. The van der Waals surface area contributed by atoms with Crippen molar-refractivity contribution in [3.63, 3.8) is 0 Å². The molecule has 124 valence electrons. The number of fused-ring (bicyclic) bond motifs is 2. The lowest BCUT2D eigenvalue weighted by atomic mass is 9.94. The Hall–Kier alpha value is -1.46. The smallest absolute Gasteiger partial charge is 0.135 e. The zero-order valence-corrected chi connectivity index (χ0v) is 14.8. The van der Waals surface area contributed by atoms with Gasteiger partial charge < -0.3 is 5.11 Å². The molecule has 5 nitrogen and oxygen atoms in total. The predicted molar refractivity (Wildman–Crippen MR) is 93.7 cm³/mol. The van der Waals surface area contributed by atoms with Gasteiger partial charge in [0.05, 0.1) is 35.5 Å². The highest BCUT2D eigenvalue weighted by atomic mass is 32.2. The summed E-state index contributed by atoms with van der Waals surface area (Å²) in [6.07, 6.45) is 1.94. The van der Waals surface area contributed by atoms with Crippen LogP contribution in [0.5, 0.6) is 0 Å². The minimum Gasteiger partial charge on any atom is -0.391 e. The molecule has 4 rings (SSSR count). The van der Waals surface area contributed by atoms with Crippen LogP contribution in [0.2, 0.25) is 0 Å². The number of aliphatic hydroxyl groups excluding tert-OH is 1. The maximum atomic E-state index is 10.1. The number of nitrogens with zero attached hydrogens (tertiary/aromatic N) is 4. The molecule has 0 spiro atoms. The number of benzene rings is 1. The number of aromatic nitrogens is 2. The van der Waals surface area contributed by atoms with Crippen molar-refractivity contribution in [3.05, 3.63) is 41.1 Å². The molecule has 4 atom stereocenters. The Morgan fingerprint density at radius 2 is 2.08 bits per heavy atom. The average molecular weight is 358 g/mol. The van der Waals surface area contributed by atoms with Crippen molar-refractivity contribution in [2.45, 2.75) is 35.8 Å². The van der Waals surface area contributed by atoms with Gasteiger partial charge in [0.15, 0.2) is 0 Å². The van der Waals surface area contributed by atoms with Crippen LogP contribution in [0.15, 0.2) is 29.3 Å². The van der Waals surface area contributed by atoms with E-state index < -0.39 is 0 Å². The third-order valence-corrected chi connectivity index (χ3v) is 6.65. The summed E-state index contributed by atoms with van der Waals surface area (Å²) in [5, 5.41) is 19.9. The lowest BCUT2D eigenvalue weighted by Gasteiger charge is -2.30. The van der Waals surface area contributed by atoms with Gasteiger partial charge in [-0.05, 0) is 36.5 Å². The Morgan fingerprint density at radius 1 is 1.25 bits per heavy atom. The molecule has 2 aliphatic rings. The van der Waals surface area contributed by atoms with Crippen LogP contribution < -0.4 is 0 Å². The molecule has 0 amide bonds. The van der Waals surface area contributed by atoms with Crippen LogP contribution in [0.4, 0.5) is 0 Å². The highest BCUT2D eigenvalue weighted by Gasteiger charge is 2.41. The fourth-order valence-electron chi connectivity index (χ4n) is 3.61. The summed E-state index contributed by atoms with van der Waals surface area (Å²) >= 11 is 2.98. The molecule has 0 saturated carbocycles. The Kier molecular flexibility index (Phi) is 4.55. The van der Waals surface area contributed by atoms with Crippen LogP contribution in [0.25, 0.3) is 0 Å². The second-order valence-electron chi connectivity index (χ2n) is 6.43. The maximum Gasteiger partial charge on any atom is 0.135 e. The molecule has 1 aromatic heterocycles. The normalized spacial score (nSPS) is 28.7. The van der Waals surface area contributed by atoms with Crippen LogP contribution >= 0.6 is 23.5 Å². The molecule has 0 radical (unpaired) electrons. The molecule has 2 aliphatic heterocycles. The second kappa shape index (κ2) is 6.81. The quantitative estimate of drug-likeness (QED) is 0.847. The summed E-state index contributed by atoms with van der Waals surface area (Å²) in [5.74, 6) is 1.25. The topological polar surface area (TPSA) is 73.0 Å². The van der Waals surface area contributed by atoms with Crippen LogP contribution in [-0.2, 0) is 5.75 Å². The van der Waals surface area contributed by atoms with E-state index in [1.807, 2.05) is 24.3 Å². The zero-order chi connectivity index (χ0) is 16.5. The maximum absolute atomic E-state index is 10.1. The summed E-state index contributed by atoms with van der Waals surface area (Å²) in [7, 11) is 0. The number of aliphatic hydroxyl groups is 1. The van der Waals surface area contributed by atoms with E-state index in [-0.39, 0.29) is 6.10 Å². The SMILES string of the molecule is N#Cc1ccc(CSc2nsnc2C2CCC3CN2CC3O)cc1. The summed E-state index contributed by atoms with van der Waals surface area (Å²) in [6.45, 7) is 1.73. The highest BCUT2D eigenvalue weighted by Crippen LogP contribution is 2.41. The van der Waals surface area contributed by atoms with Crippen molar-refractivity contribution in [2.75, 3.05) is 13.1 Å². The minimum absolute atomic E-state index is 0.184. The van der Waals surface area contributed by atoms with Crippen LogP contribution in [0.3, 0.4) is 0 Å². The summed E-state index contributed by atoms with van der Waals surface area (Å²) in [5.41, 5.74) is 2.94. The fraction of sp³-hybridized carbons (Fsp3) is 0.471. The van der Waals surface area contributed by atoms with Gasteiger partial charge in [-0.25, -0.2) is 0 Å². The first-order valence-corrected chi connectivity index (χ1v) is 9.82. The number of hydrogen-bond acceptors (Lipinski definition) is 7. The molecule has 2 bridgehead atoms. The van der Waals surface area contributed by atoms with E-state index in [4.69, 9.17) is 5.26 Å². The standard InChI is InChI=1S/C17H18N4OS2/c18-7-11-1-3-12(4-2-11)10-23-17-16(19-24-20-17)14-6-5-13-8-21(14)9-15(13)22/h1-4,13-15,22H,5-6,8-10H2. The third-order valence-electron chi connectivity index (χ3n) is 4.94. The van der Waals surface area contributed by atoms with Gasteiger partial charge in [0.1, 0.15) is 10.7 Å². The first-order chi connectivity index (χ1) is 11.7. The Bertz CT molecular complexity index is 753. The Labute approximate surface area is 149 Å². The Morgan fingerprint density at radius 3 is 2.88 bits per heavy atom. The van der Waals surface area contributed by atoms with E-state index in [1.165, 1.54) is 17.3 Å². The van der Waals surface area contributed by atoms with Crippen molar-refractivity contribution in [2.24, 2.45) is 5.92 Å². The van der Waals surface area contributed by atoms with Gasteiger partial charge in [-0.2, -0.15) is 14.0 Å². The molecule has 24 heavy (non-hydrogen) atoms. The molecular formula is C17H18N4OS2. The van der Waals surface area contributed by atoms with E-state index in [9.17, 15) is 5.11 Å². The molecule has 2 aromatic rings. The van der Waals surface area contributed by atoms with Crippen LogP contribution in [0, 0.1) is 17.2 Å². The van der Waals surface area contributed by atoms with E-state index in [0.29, 0.717) is 17.5 Å². The van der Waals surface area contributed by atoms with Crippen molar-refractivity contribution in [3.8, 4) is 6.07 Å². The highest BCUT2D eigenvalue weighted by molar-refractivity contribution is 7.98. The molecule has 1 aromatic carbocycles. The summed E-state index contributed by atoms with van der Waals surface area (Å²) in [4.78, 5) is 2.36. The molecule has 7 heteroatoms. The monoisotopic (exact) mass is 358 g/mol. The fourth-order valence-corrected chi connectivity index (χ4v) is 5.31. The number of hydrogen-bond donors (Lipinski definition) is 1. The number of thioether (sulfide) groups is 1. The molecule has 4 unspecified atom stereocenters. The number of rotatable bonds is 4. The second-order valence-corrected chi connectivity index (χ2v) is 7.92. The van der Waals surface area contributed by atoms with E-state index >= 15 is 0 Å². The number of piperidine rings is 1. The lowest BCUT2D eigenvalue weighted by Crippen LogP contribution is -2.31. The summed E-state index contributed by atoms with van der Waals surface area (Å²) in [6, 6.07) is 10.1.